The first-order valence-electron chi connectivity index (χ1n) is 6.09. The van der Waals surface area contributed by atoms with Crippen molar-refractivity contribution in [2.75, 3.05) is 0 Å². The highest BCUT2D eigenvalue weighted by Crippen LogP contribution is 2.29. The molecule has 0 fully saturated rings. The van der Waals surface area contributed by atoms with Gasteiger partial charge in [0.15, 0.2) is 0 Å². The maximum absolute atomic E-state index is 13.2. The molecule has 0 aliphatic heterocycles. The normalized spacial score (nSPS) is 12.2. The maximum Gasteiger partial charge on any atom is 0.124 e. The molecule has 5 heteroatoms. The zero-order valence-corrected chi connectivity index (χ0v) is 12.4. The molecule has 0 aliphatic carbocycles. The largest absolute Gasteiger partial charge is 0.488 e. The average Bonchev–Trinajstić information content (AvgIpc) is 2.39. The third kappa shape index (κ3) is 3.42. The van der Waals surface area contributed by atoms with Crippen molar-refractivity contribution >= 4 is 23.2 Å². The number of hydrogen-bond donors (Lipinski definition) is 1. The Kier molecular flexibility index (Phi) is 4.86. The molecule has 0 aliphatic rings. The summed E-state index contributed by atoms with van der Waals surface area (Å²) in [5.74, 6) is 0.179. The van der Waals surface area contributed by atoms with E-state index >= 15 is 0 Å². The molecule has 0 amide bonds. The summed E-state index contributed by atoms with van der Waals surface area (Å²) >= 11 is 12.1. The van der Waals surface area contributed by atoms with Gasteiger partial charge in [-0.1, -0.05) is 29.3 Å². The van der Waals surface area contributed by atoms with Crippen LogP contribution in [0.5, 0.6) is 5.75 Å². The van der Waals surface area contributed by atoms with Crippen LogP contribution in [-0.4, -0.2) is 0 Å². The molecule has 2 N–H and O–H groups in total. The molecule has 0 saturated heterocycles. The second-order valence-electron chi connectivity index (χ2n) is 4.46. The molecule has 1 atom stereocenters. The van der Waals surface area contributed by atoms with Crippen molar-refractivity contribution in [3.8, 4) is 5.75 Å². The van der Waals surface area contributed by atoms with E-state index in [1.54, 1.807) is 31.2 Å². The van der Waals surface area contributed by atoms with Crippen LogP contribution >= 0.6 is 23.2 Å². The van der Waals surface area contributed by atoms with Gasteiger partial charge in [-0.2, -0.15) is 0 Å². The van der Waals surface area contributed by atoms with E-state index in [2.05, 4.69) is 0 Å². The number of ether oxygens (including phenoxy) is 1. The Labute approximate surface area is 127 Å². The number of benzene rings is 2. The van der Waals surface area contributed by atoms with Crippen molar-refractivity contribution in [2.45, 2.75) is 19.6 Å². The molecule has 0 spiro atoms. The Morgan fingerprint density at radius 2 is 1.85 bits per heavy atom. The fourth-order valence-electron chi connectivity index (χ4n) is 1.83. The summed E-state index contributed by atoms with van der Waals surface area (Å²) in [5.41, 5.74) is 7.11. The summed E-state index contributed by atoms with van der Waals surface area (Å²) in [6, 6.07) is 9.16. The summed E-state index contributed by atoms with van der Waals surface area (Å²) in [6.45, 7) is 1.97. The van der Waals surface area contributed by atoms with E-state index in [1.165, 1.54) is 12.1 Å². The van der Waals surface area contributed by atoms with Gasteiger partial charge in [-0.3, -0.25) is 0 Å². The molecular formula is C15H14Cl2FNO. The van der Waals surface area contributed by atoms with Crippen LogP contribution in [0.2, 0.25) is 10.0 Å². The van der Waals surface area contributed by atoms with Gasteiger partial charge in [-0.15, -0.1) is 0 Å². The van der Waals surface area contributed by atoms with Crippen molar-refractivity contribution in [1.29, 1.82) is 0 Å². The Morgan fingerprint density at radius 1 is 1.20 bits per heavy atom. The van der Waals surface area contributed by atoms with Crippen molar-refractivity contribution in [2.24, 2.45) is 5.73 Å². The van der Waals surface area contributed by atoms with Gasteiger partial charge in [-0.05, 0) is 37.3 Å². The Balaban J connectivity index is 2.23. The topological polar surface area (TPSA) is 35.2 Å². The molecule has 2 aromatic carbocycles. The fraction of sp³-hybridized carbons (Fsp3) is 0.200. The predicted octanol–water partition coefficient (Wildman–Crippen LogP) is 4.73. The smallest absolute Gasteiger partial charge is 0.124 e. The van der Waals surface area contributed by atoms with E-state index in [4.69, 9.17) is 33.7 Å². The summed E-state index contributed by atoms with van der Waals surface area (Å²) in [7, 11) is 0. The van der Waals surface area contributed by atoms with Crippen LogP contribution in [0.25, 0.3) is 0 Å². The molecule has 0 bridgehead atoms. The van der Waals surface area contributed by atoms with E-state index < -0.39 is 0 Å². The minimum Gasteiger partial charge on any atom is -0.488 e. The third-order valence-electron chi connectivity index (χ3n) is 2.90. The highest BCUT2D eigenvalue weighted by molar-refractivity contribution is 6.35. The number of rotatable bonds is 4. The van der Waals surface area contributed by atoms with Crippen molar-refractivity contribution in [3.63, 3.8) is 0 Å². The van der Waals surface area contributed by atoms with Gasteiger partial charge >= 0.3 is 0 Å². The summed E-state index contributed by atoms with van der Waals surface area (Å²) in [6.07, 6.45) is 0. The van der Waals surface area contributed by atoms with Crippen molar-refractivity contribution in [1.82, 2.24) is 0 Å². The van der Waals surface area contributed by atoms with Crippen molar-refractivity contribution in [3.05, 3.63) is 63.4 Å². The van der Waals surface area contributed by atoms with E-state index in [-0.39, 0.29) is 18.5 Å². The fourth-order valence-corrected chi connectivity index (χ4v) is 2.33. The standard InChI is InChI=1S/C15H14Cl2FNO/c1-9(19)11-7-10(18)5-6-15(11)20-8-12-13(16)3-2-4-14(12)17/h2-7,9H,8,19H2,1H3. The molecule has 1 unspecified atom stereocenters. The van der Waals surface area contributed by atoms with Crippen LogP contribution in [0.1, 0.15) is 24.1 Å². The molecule has 0 aromatic heterocycles. The maximum atomic E-state index is 13.2. The van der Waals surface area contributed by atoms with Gasteiger partial charge in [0.25, 0.3) is 0 Å². The lowest BCUT2D eigenvalue weighted by Gasteiger charge is -2.15. The van der Waals surface area contributed by atoms with Crippen LogP contribution < -0.4 is 10.5 Å². The molecule has 0 saturated carbocycles. The minimum atomic E-state index is -0.347. The quantitative estimate of drug-likeness (QED) is 0.885. The van der Waals surface area contributed by atoms with Crippen LogP contribution in [0.15, 0.2) is 36.4 Å². The lowest BCUT2D eigenvalue weighted by Crippen LogP contribution is -2.09. The molecule has 2 rings (SSSR count). The number of halogens is 3. The predicted molar refractivity (Wildman–Crippen MR) is 79.8 cm³/mol. The second kappa shape index (κ2) is 6.44. The molecule has 20 heavy (non-hydrogen) atoms. The third-order valence-corrected chi connectivity index (χ3v) is 3.60. The van der Waals surface area contributed by atoms with Gasteiger partial charge in [-0.25, -0.2) is 4.39 Å². The van der Waals surface area contributed by atoms with E-state index in [1.807, 2.05) is 0 Å². The van der Waals surface area contributed by atoms with Crippen LogP contribution in [0.4, 0.5) is 4.39 Å². The van der Waals surface area contributed by atoms with E-state index in [0.29, 0.717) is 26.9 Å². The Bertz CT molecular complexity index is 597. The van der Waals surface area contributed by atoms with Gasteiger partial charge in [0.05, 0.1) is 0 Å². The van der Waals surface area contributed by atoms with Crippen molar-refractivity contribution < 1.29 is 9.13 Å². The molecule has 2 aromatic rings. The lowest BCUT2D eigenvalue weighted by atomic mass is 10.1. The van der Waals surface area contributed by atoms with Crippen LogP contribution in [0, 0.1) is 5.82 Å². The minimum absolute atomic E-state index is 0.198. The number of nitrogens with two attached hydrogens (primary N) is 1. The van der Waals surface area contributed by atoms with E-state index in [0.717, 1.165) is 0 Å². The highest BCUT2D eigenvalue weighted by Gasteiger charge is 2.12. The first kappa shape index (κ1) is 15.1. The summed E-state index contributed by atoms with van der Waals surface area (Å²) in [5, 5.41) is 1.06. The van der Waals surface area contributed by atoms with Gasteiger partial charge < -0.3 is 10.5 Å². The molecule has 0 radical (unpaired) electrons. The Hall–Kier alpha value is -1.29. The monoisotopic (exact) mass is 313 g/mol. The molecular weight excluding hydrogens is 300 g/mol. The zero-order valence-electron chi connectivity index (χ0n) is 10.9. The van der Waals surface area contributed by atoms with E-state index in [9.17, 15) is 4.39 Å². The first-order chi connectivity index (χ1) is 9.49. The van der Waals surface area contributed by atoms with Gasteiger partial charge in [0, 0.05) is 27.2 Å². The van der Waals surface area contributed by atoms with Crippen LogP contribution in [0.3, 0.4) is 0 Å². The zero-order chi connectivity index (χ0) is 14.7. The lowest BCUT2D eigenvalue weighted by molar-refractivity contribution is 0.301. The van der Waals surface area contributed by atoms with Gasteiger partial charge in [0.1, 0.15) is 18.2 Å². The molecule has 0 heterocycles. The molecule has 106 valence electrons. The SMILES string of the molecule is CC(N)c1cc(F)ccc1OCc1c(Cl)cccc1Cl. The Morgan fingerprint density at radius 3 is 2.45 bits per heavy atom. The second-order valence-corrected chi connectivity index (χ2v) is 5.27. The van der Waals surface area contributed by atoms with Crippen LogP contribution in [-0.2, 0) is 6.61 Å². The number of hydrogen-bond acceptors (Lipinski definition) is 2. The van der Waals surface area contributed by atoms with Gasteiger partial charge in [0.2, 0.25) is 0 Å². The summed E-state index contributed by atoms with van der Waals surface area (Å²) in [4.78, 5) is 0. The first-order valence-corrected chi connectivity index (χ1v) is 6.85. The summed E-state index contributed by atoms with van der Waals surface area (Å²) < 4.78 is 18.9. The average molecular weight is 314 g/mol. The molecule has 2 nitrogen and oxygen atoms in total. The highest BCUT2D eigenvalue weighted by atomic mass is 35.5.